The molecule has 0 radical (unpaired) electrons. The number of aryl methyl sites for hydroxylation is 1. The number of hydrogen-bond acceptors (Lipinski definition) is 6. The lowest BCUT2D eigenvalue weighted by molar-refractivity contribution is 0.102. The number of nitrogens with one attached hydrogen (secondary N) is 1. The van der Waals surface area contributed by atoms with Gasteiger partial charge in [-0.2, -0.15) is 0 Å². The molecule has 3 aromatic rings. The normalized spacial score (nSPS) is 11.2. The Morgan fingerprint density at radius 3 is 2.29 bits per heavy atom. The van der Waals surface area contributed by atoms with Gasteiger partial charge in [-0.15, -0.1) is 10.2 Å². The molecular weight excluding hydrogens is 396 g/mol. The van der Waals surface area contributed by atoms with Gasteiger partial charge >= 0.3 is 0 Å². The zero-order chi connectivity index (χ0) is 20.1. The second kappa shape index (κ2) is 8.49. The summed E-state index contributed by atoms with van der Waals surface area (Å²) < 4.78 is 27.3. The van der Waals surface area contributed by atoms with E-state index in [1.807, 2.05) is 13.0 Å². The van der Waals surface area contributed by atoms with Crippen LogP contribution in [0, 0.1) is 0 Å². The van der Waals surface area contributed by atoms with Crippen LogP contribution in [0.25, 0.3) is 0 Å². The number of aromatic nitrogens is 2. The fourth-order valence-electron chi connectivity index (χ4n) is 2.61. The summed E-state index contributed by atoms with van der Waals surface area (Å²) in [7, 11) is -3.72. The Bertz CT molecular complexity index is 1050. The molecule has 7 nitrogen and oxygen atoms in total. The van der Waals surface area contributed by atoms with Crippen molar-refractivity contribution in [3.05, 3.63) is 65.2 Å². The van der Waals surface area contributed by atoms with Crippen molar-refractivity contribution in [2.45, 2.75) is 25.2 Å². The van der Waals surface area contributed by atoms with Crippen LogP contribution in [-0.4, -0.2) is 31.1 Å². The maximum Gasteiger partial charge on any atom is 0.264 e. The average molecular weight is 417 g/mol. The first-order valence-corrected chi connectivity index (χ1v) is 11.0. The summed E-state index contributed by atoms with van der Waals surface area (Å²) in [5, 5.41) is 11.8. The first-order chi connectivity index (χ1) is 13.5. The Labute approximate surface area is 168 Å². The topological polar surface area (TPSA) is 92.3 Å². The summed E-state index contributed by atoms with van der Waals surface area (Å²) in [6.07, 6.45) is 0.745. The van der Waals surface area contributed by atoms with Crippen LogP contribution in [-0.2, 0) is 16.4 Å². The molecule has 0 bridgehead atoms. The van der Waals surface area contributed by atoms with Gasteiger partial charge in [0.1, 0.15) is 5.01 Å². The number of amides is 1. The minimum absolute atomic E-state index is 0.124. The standard InChI is InChI=1S/C19H20N4O3S2/c1-3-17-21-22-19(27-17)20-18(24)14-10-12-16(13-11-14)28(25,26)23(4-2)15-8-6-5-7-9-15/h5-13H,3-4H2,1-2H3,(H,20,22,24). The lowest BCUT2D eigenvalue weighted by Crippen LogP contribution is -2.30. The summed E-state index contributed by atoms with van der Waals surface area (Å²) in [5.74, 6) is -0.363. The van der Waals surface area contributed by atoms with Crippen molar-refractivity contribution in [3.8, 4) is 0 Å². The molecule has 0 unspecified atom stereocenters. The van der Waals surface area contributed by atoms with Gasteiger partial charge in [0, 0.05) is 12.1 Å². The lowest BCUT2D eigenvalue weighted by atomic mass is 10.2. The molecule has 28 heavy (non-hydrogen) atoms. The minimum atomic E-state index is -3.72. The third-order valence-corrected chi connectivity index (χ3v) is 6.93. The van der Waals surface area contributed by atoms with Crippen molar-refractivity contribution >= 4 is 38.1 Å². The van der Waals surface area contributed by atoms with Crippen molar-refractivity contribution < 1.29 is 13.2 Å². The number of nitrogens with zero attached hydrogens (tertiary/aromatic N) is 3. The smallest absolute Gasteiger partial charge is 0.264 e. The molecule has 146 valence electrons. The van der Waals surface area contributed by atoms with Gasteiger partial charge in [-0.25, -0.2) is 8.42 Å². The number of carbonyl (C=O) groups excluding carboxylic acids is 1. The molecule has 0 aliphatic carbocycles. The van der Waals surface area contributed by atoms with Crippen LogP contribution in [0.2, 0.25) is 0 Å². The Morgan fingerprint density at radius 1 is 1.04 bits per heavy atom. The van der Waals surface area contributed by atoms with Crippen LogP contribution < -0.4 is 9.62 Å². The summed E-state index contributed by atoms with van der Waals surface area (Å²) in [5.41, 5.74) is 0.935. The number of benzene rings is 2. The van der Waals surface area contributed by atoms with Crippen LogP contribution in [0.3, 0.4) is 0 Å². The highest BCUT2D eigenvalue weighted by Gasteiger charge is 2.23. The predicted molar refractivity (Wildman–Crippen MR) is 110 cm³/mol. The van der Waals surface area contributed by atoms with Crippen molar-refractivity contribution in [1.29, 1.82) is 0 Å². The van der Waals surface area contributed by atoms with Crippen LogP contribution in [0.1, 0.15) is 29.2 Å². The molecule has 1 heterocycles. The van der Waals surface area contributed by atoms with E-state index in [0.29, 0.717) is 22.9 Å². The number of anilines is 2. The molecule has 0 spiro atoms. The maximum absolute atomic E-state index is 13.0. The number of rotatable bonds is 7. The molecule has 1 amide bonds. The average Bonchev–Trinajstić information content (AvgIpc) is 3.17. The largest absolute Gasteiger partial charge is 0.296 e. The highest BCUT2D eigenvalue weighted by molar-refractivity contribution is 7.92. The van der Waals surface area contributed by atoms with E-state index in [1.54, 1.807) is 31.2 Å². The molecule has 0 saturated heterocycles. The molecule has 0 aliphatic heterocycles. The van der Waals surface area contributed by atoms with Crippen molar-refractivity contribution in [2.24, 2.45) is 0 Å². The van der Waals surface area contributed by atoms with Gasteiger partial charge in [0.05, 0.1) is 10.6 Å². The zero-order valence-corrected chi connectivity index (χ0v) is 17.1. The second-order valence-electron chi connectivity index (χ2n) is 5.84. The zero-order valence-electron chi connectivity index (χ0n) is 15.5. The molecule has 3 rings (SSSR count). The quantitative estimate of drug-likeness (QED) is 0.636. The fourth-order valence-corrected chi connectivity index (χ4v) is 4.76. The monoisotopic (exact) mass is 416 g/mol. The van der Waals surface area contributed by atoms with E-state index in [1.165, 1.54) is 39.9 Å². The molecule has 0 saturated carbocycles. The highest BCUT2D eigenvalue weighted by Crippen LogP contribution is 2.24. The van der Waals surface area contributed by atoms with E-state index in [2.05, 4.69) is 15.5 Å². The van der Waals surface area contributed by atoms with Crippen molar-refractivity contribution in [3.63, 3.8) is 0 Å². The lowest BCUT2D eigenvalue weighted by Gasteiger charge is -2.22. The van der Waals surface area contributed by atoms with Gasteiger partial charge in [0.15, 0.2) is 0 Å². The second-order valence-corrected chi connectivity index (χ2v) is 8.76. The third-order valence-electron chi connectivity index (χ3n) is 4.03. The first kappa shape index (κ1) is 20.0. The molecule has 2 aromatic carbocycles. The molecular formula is C19H20N4O3S2. The molecule has 0 aliphatic rings. The Morgan fingerprint density at radius 2 is 1.71 bits per heavy atom. The van der Waals surface area contributed by atoms with Gasteiger partial charge in [-0.3, -0.25) is 14.4 Å². The van der Waals surface area contributed by atoms with Crippen molar-refractivity contribution in [1.82, 2.24) is 10.2 Å². The summed E-state index contributed by atoms with van der Waals surface area (Å²) in [6.45, 7) is 4.03. The van der Waals surface area contributed by atoms with Crippen molar-refractivity contribution in [2.75, 3.05) is 16.2 Å². The van der Waals surface area contributed by atoms with E-state index < -0.39 is 10.0 Å². The fraction of sp³-hybridized carbons (Fsp3) is 0.211. The molecule has 9 heteroatoms. The minimum Gasteiger partial charge on any atom is -0.296 e. The number of hydrogen-bond donors (Lipinski definition) is 1. The van der Waals surface area contributed by atoms with Crippen LogP contribution >= 0.6 is 11.3 Å². The van der Waals surface area contributed by atoms with Crippen LogP contribution in [0.4, 0.5) is 10.8 Å². The van der Waals surface area contributed by atoms with E-state index in [4.69, 9.17) is 0 Å². The molecule has 1 N–H and O–H groups in total. The number of sulfonamides is 1. The number of carbonyl (C=O) groups is 1. The third kappa shape index (κ3) is 4.20. The van der Waals surface area contributed by atoms with Gasteiger partial charge in [-0.1, -0.05) is 36.5 Å². The predicted octanol–water partition coefficient (Wildman–Crippen LogP) is 3.57. The van der Waals surface area contributed by atoms with Gasteiger partial charge < -0.3 is 0 Å². The molecule has 1 aromatic heterocycles. The van der Waals surface area contributed by atoms with E-state index in [0.717, 1.165) is 11.4 Å². The van der Waals surface area contributed by atoms with Gasteiger partial charge in [0.2, 0.25) is 5.13 Å². The maximum atomic E-state index is 13.0. The first-order valence-electron chi connectivity index (χ1n) is 8.77. The Kier molecular flexibility index (Phi) is 6.05. The van der Waals surface area contributed by atoms with Crippen LogP contribution in [0.5, 0.6) is 0 Å². The van der Waals surface area contributed by atoms with Gasteiger partial charge in [-0.05, 0) is 49.7 Å². The number of para-hydroxylation sites is 1. The van der Waals surface area contributed by atoms with Crippen LogP contribution in [0.15, 0.2) is 59.5 Å². The highest BCUT2D eigenvalue weighted by atomic mass is 32.2. The summed E-state index contributed by atoms with van der Waals surface area (Å²) in [6, 6.07) is 14.8. The Balaban J connectivity index is 1.80. The Hall–Kier alpha value is -2.78. The van der Waals surface area contributed by atoms with Gasteiger partial charge in [0.25, 0.3) is 15.9 Å². The summed E-state index contributed by atoms with van der Waals surface area (Å²) >= 11 is 1.31. The molecule has 0 atom stereocenters. The summed E-state index contributed by atoms with van der Waals surface area (Å²) in [4.78, 5) is 12.5. The molecule has 0 fully saturated rings. The van der Waals surface area contributed by atoms with E-state index in [9.17, 15) is 13.2 Å². The van der Waals surface area contributed by atoms with E-state index >= 15 is 0 Å². The SMILES string of the molecule is CCc1nnc(NC(=O)c2ccc(S(=O)(=O)N(CC)c3ccccc3)cc2)s1. The van der Waals surface area contributed by atoms with E-state index in [-0.39, 0.29) is 10.8 Å².